The minimum atomic E-state index is -0.750. The third-order valence-electron chi connectivity index (χ3n) is 0. The van der Waals surface area contributed by atoms with Gasteiger partial charge in [0.05, 0.1) is 0 Å². The van der Waals surface area contributed by atoms with Gasteiger partial charge >= 0.3 is 11.6 Å². The summed E-state index contributed by atoms with van der Waals surface area (Å²) < 4.78 is 16.6. The Morgan fingerprint density at radius 2 is 1.25 bits per heavy atom. The Morgan fingerprint density at radius 3 is 1.25 bits per heavy atom. The van der Waals surface area contributed by atoms with Gasteiger partial charge in [0.25, 0.3) is 0 Å². The van der Waals surface area contributed by atoms with E-state index in [4.69, 9.17) is 8.42 Å². The van der Waals surface area contributed by atoms with Crippen LogP contribution in [-0.4, -0.2) is 27.3 Å². The first-order chi connectivity index (χ1) is 1.41. The molecule has 0 N–H and O–H groups in total. The molecule has 0 fully saturated rings. The van der Waals surface area contributed by atoms with Crippen molar-refractivity contribution < 1.29 is 8.42 Å². The van der Waals surface area contributed by atoms with E-state index in [0.29, 0.717) is 0 Å². The molecule has 0 bridgehead atoms. The van der Waals surface area contributed by atoms with Crippen LogP contribution >= 0.6 is 0 Å². The molecule has 0 aromatic rings. The van der Waals surface area contributed by atoms with Crippen molar-refractivity contribution in [3.63, 3.8) is 0 Å². The second-order valence-corrected chi connectivity index (χ2v) is 0.204. The summed E-state index contributed by atoms with van der Waals surface area (Å²) in [5, 5.41) is 0. The minimum Gasteiger partial charge on any atom is -0.168 e. The molecule has 0 aromatic carbocycles. The fraction of sp³-hybridized carbons (Fsp3) is 0. The molecule has 4 heteroatoms. The normalized spacial score (nSPS) is 3.00. The Labute approximate surface area is 39.4 Å². The first-order valence-corrected chi connectivity index (χ1v) is 1.00. The Balaban J connectivity index is 0. The summed E-state index contributed by atoms with van der Waals surface area (Å²) in [6, 6.07) is 0. The van der Waals surface area contributed by atoms with Crippen LogP contribution < -0.4 is 0 Å². The van der Waals surface area contributed by atoms with Crippen LogP contribution in [0.15, 0.2) is 0 Å². The van der Waals surface area contributed by atoms with E-state index in [1.54, 1.807) is 0 Å². The zero-order valence-electron chi connectivity index (χ0n) is 2.22. The molecule has 2 nitrogen and oxygen atoms in total. The quantitative estimate of drug-likeness (QED) is 0.341. The van der Waals surface area contributed by atoms with Crippen LogP contribution in [0.3, 0.4) is 0 Å². The molecule has 0 unspecified atom stereocenters. The van der Waals surface area contributed by atoms with Gasteiger partial charge in [0.1, 0.15) is 0 Å². The van der Waals surface area contributed by atoms with E-state index in [2.05, 4.69) is 0 Å². The van der Waals surface area contributed by atoms with Gasteiger partial charge in [0.15, 0.2) is 0 Å². The molecular formula is LiO2S. The average molecular weight is 71.0 g/mol. The summed E-state index contributed by atoms with van der Waals surface area (Å²) in [5.41, 5.74) is 0. The third-order valence-corrected chi connectivity index (χ3v) is 0. The number of rotatable bonds is 0. The zero-order chi connectivity index (χ0) is 2.71. The van der Waals surface area contributed by atoms with Crippen molar-refractivity contribution in [1.29, 1.82) is 0 Å². The maximum absolute atomic E-state index is 8.29. The summed E-state index contributed by atoms with van der Waals surface area (Å²) in [5.74, 6) is 0. The second kappa shape index (κ2) is 9.94. The third kappa shape index (κ3) is 27.9. The van der Waals surface area contributed by atoms with E-state index in [-0.39, 0.29) is 18.9 Å². The van der Waals surface area contributed by atoms with E-state index < -0.39 is 11.6 Å². The van der Waals surface area contributed by atoms with Crippen LogP contribution in [0, 0.1) is 0 Å². The van der Waals surface area contributed by atoms with Crippen molar-refractivity contribution in [2.45, 2.75) is 0 Å². The largest absolute Gasteiger partial charge is 0.335 e. The van der Waals surface area contributed by atoms with Gasteiger partial charge in [0, 0.05) is 18.9 Å². The van der Waals surface area contributed by atoms with Crippen molar-refractivity contribution in [1.82, 2.24) is 0 Å². The average Bonchev–Trinajstić information content (AvgIpc) is 0.918. The zero-order valence-corrected chi connectivity index (χ0v) is 3.04. The van der Waals surface area contributed by atoms with Gasteiger partial charge in [-0.05, 0) is 0 Å². The molecule has 1 radical (unpaired) electrons. The van der Waals surface area contributed by atoms with Gasteiger partial charge in [0.2, 0.25) is 0 Å². The molecule has 0 aliphatic carbocycles. The van der Waals surface area contributed by atoms with Crippen LogP contribution in [0.2, 0.25) is 0 Å². The van der Waals surface area contributed by atoms with Crippen molar-refractivity contribution in [3.05, 3.63) is 0 Å². The van der Waals surface area contributed by atoms with Crippen molar-refractivity contribution in [3.8, 4) is 0 Å². The summed E-state index contributed by atoms with van der Waals surface area (Å²) in [7, 11) is 0. The fourth-order valence-corrected chi connectivity index (χ4v) is 0. The SMILES string of the molecule is O=S=O.[Li]. The standard InChI is InChI=1S/Li.O2S/c;1-3-2. The Bertz CT molecular complexity index is 27.0. The second-order valence-electron chi connectivity index (χ2n) is 0.0680. The molecule has 0 aliphatic rings. The molecule has 0 aliphatic heterocycles. The molecule has 0 saturated carbocycles. The van der Waals surface area contributed by atoms with Crippen molar-refractivity contribution in [2.75, 3.05) is 0 Å². The minimum absolute atomic E-state index is 0. The van der Waals surface area contributed by atoms with E-state index in [1.807, 2.05) is 0 Å². The van der Waals surface area contributed by atoms with Gasteiger partial charge < -0.3 is 0 Å². The van der Waals surface area contributed by atoms with Crippen LogP contribution in [0.5, 0.6) is 0 Å². The number of hydrogen-bond donors (Lipinski definition) is 0. The molecule has 0 spiro atoms. The maximum atomic E-state index is 8.29. The van der Waals surface area contributed by atoms with Crippen LogP contribution in [0.1, 0.15) is 0 Å². The molecule has 0 rings (SSSR count). The topological polar surface area (TPSA) is 34.1 Å². The number of hydrogen-bond acceptors (Lipinski definition) is 2. The molecule has 0 aromatic heterocycles. The maximum Gasteiger partial charge on any atom is 0.335 e. The van der Waals surface area contributed by atoms with E-state index in [0.717, 1.165) is 0 Å². The summed E-state index contributed by atoms with van der Waals surface area (Å²) in [6.45, 7) is 0. The van der Waals surface area contributed by atoms with E-state index in [9.17, 15) is 0 Å². The van der Waals surface area contributed by atoms with Gasteiger partial charge in [-0.3, -0.25) is 0 Å². The van der Waals surface area contributed by atoms with Crippen LogP contribution in [0.4, 0.5) is 0 Å². The van der Waals surface area contributed by atoms with Gasteiger partial charge in [-0.1, -0.05) is 0 Å². The first-order valence-electron chi connectivity index (χ1n) is 0.333. The van der Waals surface area contributed by atoms with Gasteiger partial charge in [-0.2, -0.15) is 8.42 Å². The van der Waals surface area contributed by atoms with E-state index in [1.165, 1.54) is 0 Å². The van der Waals surface area contributed by atoms with Crippen molar-refractivity contribution in [2.24, 2.45) is 0 Å². The first kappa shape index (κ1) is 8.83. The Kier molecular flexibility index (Phi) is 21.9. The fourth-order valence-electron chi connectivity index (χ4n) is 0. The Morgan fingerprint density at radius 1 is 1.25 bits per heavy atom. The van der Waals surface area contributed by atoms with Crippen molar-refractivity contribution >= 4 is 30.4 Å². The molecule has 0 saturated heterocycles. The van der Waals surface area contributed by atoms with Crippen LogP contribution in [0.25, 0.3) is 0 Å². The molecule has 0 heterocycles. The molecular weight excluding hydrogens is 71.0 g/mol. The smallest absolute Gasteiger partial charge is 0.168 e. The predicted octanol–water partition coefficient (Wildman–Crippen LogP) is -1.05. The predicted molar refractivity (Wildman–Crippen MR) is 14.7 cm³/mol. The molecule has 0 atom stereocenters. The Hall–Kier alpha value is 0.417. The molecule has 4 heavy (non-hydrogen) atoms. The van der Waals surface area contributed by atoms with Gasteiger partial charge in [-0.25, -0.2) is 0 Å². The molecule has 19 valence electrons. The monoisotopic (exact) mass is 71.0 g/mol. The summed E-state index contributed by atoms with van der Waals surface area (Å²) in [4.78, 5) is 0. The molecule has 0 amide bonds. The van der Waals surface area contributed by atoms with E-state index >= 15 is 0 Å². The summed E-state index contributed by atoms with van der Waals surface area (Å²) in [6.07, 6.45) is 0. The van der Waals surface area contributed by atoms with Crippen LogP contribution in [-0.2, 0) is 11.6 Å². The summed E-state index contributed by atoms with van der Waals surface area (Å²) >= 11 is -0.750. The van der Waals surface area contributed by atoms with Gasteiger partial charge in [-0.15, -0.1) is 0 Å².